The molecule has 1 aromatic carbocycles. The van der Waals surface area contributed by atoms with Crippen LogP contribution in [-0.4, -0.2) is 26.2 Å². The molecule has 1 aliphatic heterocycles. The van der Waals surface area contributed by atoms with Crippen LogP contribution in [0.2, 0.25) is 0 Å². The van der Waals surface area contributed by atoms with E-state index in [0.717, 1.165) is 30.6 Å². The number of aliphatic hydroxyl groups is 1. The molecule has 2 unspecified atom stereocenters. The Balaban J connectivity index is 1.90. The van der Waals surface area contributed by atoms with Crippen molar-refractivity contribution >= 4 is 32.8 Å². The molecule has 3 rings (SSSR count). The van der Waals surface area contributed by atoms with Crippen LogP contribution >= 0.6 is 0 Å². The van der Waals surface area contributed by atoms with Gasteiger partial charge in [-0.15, -0.1) is 0 Å². The normalized spacial score (nSPS) is 24.6. The highest BCUT2D eigenvalue weighted by atomic mass is 32.2. The van der Waals surface area contributed by atoms with Crippen LogP contribution in [0.1, 0.15) is 19.3 Å². The van der Waals surface area contributed by atoms with Crippen molar-refractivity contribution in [3.8, 4) is 0 Å². The van der Waals surface area contributed by atoms with Crippen LogP contribution in [0.5, 0.6) is 0 Å². The number of hydrogen-bond donors (Lipinski definition) is 2. The predicted octanol–water partition coefficient (Wildman–Crippen LogP) is 1.85. The lowest BCUT2D eigenvalue weighted by atomic mass is 10.1. The van der Waals surface area contributed by atoms with Crippen molar-refractivity contribution in [3.05, 3.63) is 18.2 Å². The van der Waals surface area contributed by atoms with Crippen molar-refractivity contribution in [2.45, 2.75) is 30.2 Å². The summed E-state index contributed by atoms with van der Waals surface area (Å²) in [4.78, 5) is 0.160. The van der Waals surface area contributed by atoms with Crippen molar-refractivity contribution < 1.29 is 13.5 Å². The largest absolute Gasteiger partial charge is 0.396 e. The molecular formula is C12H15N3O3S2. The van der Waals surface area contributed by atoms with E-state index in [1.54, 1.807) is 12.1 Å². The van der Waals surface area contributed by atoms with E-state index in [1.807, 2.05) is 0 Å². The maximum atomic E-state index is 12.5. The second kappa shape index (κ2) is 5.36. The van der Waals surface area contributed by atoms with Gasteiger partial charge in [0.25, 0.3) is 0 Å². The summed E-state index contributed by atoms with van der Waals surface area (Å²) in [6.45, 7) is 0.00957. The number of rotatable bonds is 4. The van der Waals surface area contributed by atoms with E-state index in [1.165, 1.54) is 6.07 Å². The number of aliphatic hydroxyl groups excluding tert-OH is 1. The van der Waals surface area contributed by atoms with Gasteiger partial charge in [-0.3, -0.25) is 0 Å². The fourth-order valence-electron chi connectivity index (χ4n) is 2.67. The smallest absolute Gasteiger partial charge is 0.243 e. The molecule has 1 fully saturated rings. The number of sulfonamides is 1. The summed E-state index contributed by atoms with van der Waals surface area (Å²) in [6.07, 6.45) is 2.54. The Hall–Kier alpha value is -1.09. The van der Waals surface area contributed by atoms with Gasteiger partial charge >= 0.3 is 0 Å². The molecule has 0 amide bonds. The van der Waals surface area contributed by atoms with Gasteiger partial charge in [-0.2, -0.15) is 8.73 Å². The van der Waals surface area contributed by atoms with E-state index < -0.39 is 10.0 Å². The third kappa shape index (κ3) is 2.44. The van der Waals surface area contributed by atoms with Crippen LogP contribution in [0.3, 0.4) is 0 Å². The zero-order valence-electron chi connectivity index (χ0n) is 10.7. The monoisotopic (exact) mass is 313 g/mol. The summed E-state index contributed by atoms with van der Waals surface area (Å²) in [6, 6.07) is 4.74. The van der Waals surface area contributed by atoms with E-state index >= 15 is 0 Å². The molecule has 1 heterocycles. The zero-order chi connectivity index (χ0) is 14.2. The van der Waals surface area contributed by atoms with Crippen molar-refractivity contribution in [2.24, 2.45) is 14.6 Å². The molecule has 2 N–H and O–H groups in total. The first kappa shape index (κ1) is 13.9. The van der Waals surface area contributed by atoms with E-state index in [9.17, 15) is 13.5 Å². The van der Waals surface area contributed by atoms with Gasteiger partial charge in [-0.05, 0) is 30.9 Å². The van der Waals surface area contributed by atoms with Crippen molar-refractivity contribution in [3.63, 3.8) is 0 Å². The Morgan fingerprint density at radius 1 is 1.35 bits per heavy atom. The molecule has 0 bridgehead atoms. The highest BCUT2D eigenvalue weighted by Gasteiger charge is 2.32. The van der Waals surface area contributed by atoms with Gasteiger partial charge in [0.1, 0.15) is 16.3 Å². The van der Waals surface area contributed by atoms with Gasteiger partial charge in [0, 0.05) is 12.6 Å². The number of fused-ring (bicyclic) bond motifs is 1. The third-order valence-corrected chi connectivity index (χ3v) is 5.80. The Morgan fingerprint density at radius 3 is 3.00 bits per heavy atom. The molecule has 0 aromatic heterocycles. The molecule has 0 saturated heterocycles. The molecule has 1 aliphatic carbocycles. The minimum absolute atomic E-state index is 0.00228. The number of nitrogens with one attached hydrogen (secondary N) is 1. The summed E-state index contributed by atoms with van der Waals surface area (Å²) >= 11 is 0.999. The van der Waals surface area contributed by atoms with Crippen LogP contribution in [0, 0.1) is 5.92 Å². The number of nitrogens with zero attached hydrogens (tertiary/aromatic N) is 2. The predicted molar refractivity (Wildman–Crippen MR) is 76.5 cm³/mol. The van der Waals surface area contributed by atoms with E-state index in [4.69, 9.17) is 0 Å². The first-order valence-electron chi connectivity index (χ1n) is 6.46. The molecule has 0 radical (unpaired) electrons. The Labute approximate surface area is 121 Å². The summed E-state index contributed by atoms with van der Waals surface area (Å²) in [5, 5.41) is 9.29. The Morgan fingerprint density at radius 2 is 2.20 bits per heavy atom. The molecule has 1 aromatic rings. The SMILES string of the molecule is O=S(=O)(NC1CCCC1CO)c1cccc2c1N=S=N2. The third-order valence-electron chi connectivity index (χ3n) is 3.74. The highest BCUT2D eigenvalue weighted by molar-refractivity contribution is 7.89. The van der Waals surface area contributed by atoms with Crippen molar-refractivity contribution in [2.75, 3.05) is 6.61 Å². The molecule has 1 saturated carbocycles. The minimum atomic E-state index is -3.64. The Kier molecular flexibility index (Phi) is 3.72. The van der Waals surface area contributed by atoms with E-state index in [2.05, 4.69) is 13.4 Å². The molecule has 2 atom stereocenters. The second-order valence-corrected chi connectivity index (χ2v) is 7.20. The molecule has 6 nitrogen and oxygen atoms in total. The average Bonchev–Trinajstić information content (AvgIpc) is 3.05. The fraction of sp³-hybridized carbons (Fsp3) is 0.500. The summed E-state index contributed by atoms with van der Waals surface area (Å²) in [5.41, 5.74) is 0.992. The fourth-order valence-corrected chi connectivity index (χ4v) is 4.78. The van der Waals surface area contributed by atoms with Gasteiger partial charge in [-0.1, -0.05) is 12.5 Å². The van der Waals surface area contributed by atoms with Crippen molar-refractivity contribution in [1.82, 2.24) is 4.72 Å². The van der Waals surface area contributed by atoms with Crippen LogP contribution in [-0.2, 0) is 21.4 Å². The van der Waals surface area contributed by atoms with Gasteiger partial charge in [0.2, 0.25) is 10.0 Å². The minimum Gasteiger partial charge on any atom is -0.396 e. The van der Waals surface area contributed by atoms with E-state index in [0.29, 0.717) is 11.4 Å². The summed E-state index contributed by atoms with van der Waals surface area (Å²) in [7, 11) is -3.64. The van der Waals surface area contributed by atoms with Gasteiger partial charge in [0.15, 0.2) is 0 Å². The van der Waals surface area contributed by atoms with Gasteiger partial charge < -0.3 is 5.11 Å². The maximum absolute atomic E-state index is 12.5. The molecule has 108 valence electrons. The lowest BCUT2D eigenvalue weighted by Crippen LogP contribution is -2.38. The number of hydrogen-bond acceptors (Lipinski definition) is 5. The van der Waals surface area contributed by atoms with Crippen LogP contribution in [0.25, 0.3) is 0 Å². The first-order chi connectivity index (χ1) is 9.62. The zero-order valence-corrected chi connectivity index (χ0v) is 12.3. The molecule has 0 spiro atoms. The lowest BCUT2D eigenvalue weighted by molar-refractivity contribution is 0.213. The summed E-state index contributed by atoms with van der Waals surface area (Å²) < 4.78 is 35.8. The van der Waals surface area contributed by atoms with Crippen molar-refractivity contribution in [1.29, 1.82) is 0 Å². The standard InChI is InChI=1S/C12H15N3O3S2/c16-7-8-3-1-4-9(8)15-20(17,18)11-6-2-5-10-12(11)14-19-13-10/h2,5-6,8-9,15-16H,1,3-4,7H2. The van der Waals surface area contributed by atoms with Gasteiger partial charge in [-0.25, -0.2) is 13.1 Å². The number of benzene rings is 1. The highest BCUT2D eigenvalue weighted by Crippen LogP contribution is 2.38. The first-order valence-corrected chi connectivity index (χ1v) is 8.67. The quantitative estimate of drug-likeness (QED) is 0.902. The summed E-state index contributed by atoms with van der Waals surface area (Å²) in [5.74, 6) is -0.00228. The molecular weight excluding hydrogens is 298 g/mol. The Bertz CT molecular complexity index is 696. The van der Waals surface area contributed by atoms with Gasteiger partial charge in [0.05, 0.1) is 11.4 Å². The topological polar surface area (TPSA) is 91.1 Å². The van der Waals surface area contributed by atoms with Crippen LogP contribution in [0.4, 0.5) is 11.4 Å². The average molecular weight is 313 g/mol. The van der Waals surface area contributed by atoms with E-state index in [-0.39, 0.29) is 23.5 Å². The lowest BCUT2D eigenvalue weighted by Gasteiger charge is -2.19. The van der Waals surface area contributed by atoms with Crippen LogP contribution in [0.15, 0.2) is 31.8 Å². The maximum Gasteiger partial charge on any atom is 0.243 e. The van der Waals surface area contributed by atoms with Crippen LogP contribution < -0.4 is 4.72 Å². The molecule has 2 aliphatic rings. The molecule has 8 heteroatoms. The molecule has 20 heavy (non-hydrogen) atoms. The second-order valence-electron chi connectivity index (χ2n) is 4.99.